The number of halogens is 1. The first-order chi connectivity index (χ1) is 16.6. The highest BCUT2D eigenvalue weighted by molar-refractivity contribution is 6.31. The van der Waals surface area contributed by atoms with Crippen LogP contribution in [0.5, 0.6) is 5.75 Å². The van der Waals surface area contributed by atoms with Crippen molar-refractivity contribution in [2.45, 2.75) is 31.6 Å². The van der Waals surface area contributed by atoms with Crippen molar-refractivity contribution in [2.24, 2.45) is 0 Å². The molecule has 0 unspecified atom stereocenters. The Morgan fingerprint density at radius 1 is 1.03 bits per heavy atom. The molecule has 4 rings (SSSR count). The Balaban J connectivity index is 1.47. The number of nitrogens with one attached hydrogen (secondary N) is 2. The number of amides is 1. The first-order valence-corrected chi connectivity index (χ1v) is 12.0. The number of hydrogen-bond donors (Lipinski definition) is 2. The van der Waals surface area contributed by atoms with E-state index >= 15 is 0 Å². The number of hydrogen-bond acceptors (Lipinski definition) is 5. The molecule has 0 spiro atoms. The standard InChI is InChI=1S/C27H32ClN3O3/c1-33-14-13-29-27(32)25-15-21(18-31(25)17-20-7-3-6-10-24(20)28)30-16-19-11-12-26(34-2)23-9-5-4-8-22(19)23/h3-12,21,25,30H,13-18H2,1-2H3,(H,29,32)/t21-,25-/m0/s1. The van der Waals surface area contributed by atoms with Gasteiger partial charge in [-0.2, -0.15) is 0 Å². The van der Waals surface area contributed by atoms with Crippen LogP contribution in [-0.2, 0) is 22.6 Å². The van der Waals surface area contributed by atoms with Crippen LogP contribution in [0.25, 0.3) is 10.8 Å². The topological polar surface area (TPSA) is 62.8 Å². The van der Waals surface area contributed by atoms with Crippen molar-refractivity contribution in [1.82, 2.24) is 15.5 Å². The van der Waals surface area contributed by atoms with Gasteiger partial charge in [0.1, 0.15) is 5.75 Å². The van der Waals surface area contributed by atoms with E-state index in [-0.39, 0.29) is 18.0 Å². The number of ether oxygens (including phenoxy) is 2. The third kappa shape index (κ3) is 5.70. The van der Waals surface area contributed by atoms with Gasteiger partial charge in [0.2, 0.25) is 5.91 Å². The summed E-state index contributed by atoms with van der Waals surface area (Å²) in [6, 6.07) is 20.2. The van der Waals surface area contributed by atoms with Gasteiger partial charge in [0, 0.05) is 49.7 Å². The second kappa shape index (κ2) is 11.7. The van der Waals surface area contributed by atoms with Gasteiger partial charge in [-0.25, -0.2) is 0 Å². The fraction of sp³-hybridized carbons (Fsp3) is 0.370. The second-order valence-electron chi connectivity index (χ2n) is 8.61. The number of carbonyl (C=O) groups is 1. The van der Waals surface area contributed by atoms with Gasteiger partial charge in [0.25, 0.3) is 0 Å². The van der Waals surface area contributed by atoms with Crippen LogP contribution in [-0.4, -0.2) is 56.8 Å². The lowest BCUT2D eigenvalue weighted by molar-refractivity contribution is -0.125. The van der Waals surface area contributed by atoms with E-state index < -0.39 is 0 Å². The van der Waals surface area contributed by atoms with Gasteiger partial charge in [0.15, 0.2) is 0 Å². The first kappa shape index (κ1) is 24.5. The molecule has 0 radical (unpaired) electrons. The average Bonchev–Trinajstić information content (AvgIpc) is 3.26. The quantitative estimate of drug-likeness (QED) is 0.429. The molecule has 1 fully saturated rings. The SMILES string of the molecule is COCCNC(=O)[C@@H]1C[C@H](NCc2ccc(OC)c3ccccc23)CN1Cc1ccccc1Cl. The normalized spacial score (nSPS) is 18.3. The molecule has 2 atom stereocenters. The van der Waals surface area contributed by atoms with Crippen LogP contribution >= 0.6 is 11.6 Å². The molecule has 1 aliphatic rings. The lowest BCUT2D eigenvalue weighted by atomic mass is 10.0. The Hall–Kier alpha value is -2.64. The van der Waals surface area contributed by atoms with E-state index in [2.05, 4.69) is 33.7 Å². The highest BCUT2D eigenvalue weighted by Gasteiger charge is 2.36. The molecule has 1 saturated heterocycles. The lowest BCUT2D eigenvalue weighted by Gasteiger charge is -2.24. The number of methoxy groups -OCH3 is 2. The summed E-state index contributed by atoms with van der Waals surface area (Å²) in [5.41, 5.74) is 2.24. The van der Waals surface area contributed by atoms with E-state index in [0.29, 0.717) is 26.2 Å². The minimum atomic E-state index is -0.224. The fourth-order valence-electron chi connectivity index (χ4n) is 4.66. The van der Waals surface area contributed by atoms with Crippen molar-refractivity contribution in [1.29, 1.82) is 0 Å². The Morgan fingerprint density at radius 2 is 1.79 bits per heavy atom. The molecule has 0 aliphatic carbocycles. The van der Waals surface area contributed by atoms with E-state index in [4.69, 9.17) is 21.1 Å². The summed E-state index contributed by atoms with van der Waals surface area (Å²) >= 11 is 6.42. The maximum absolute atomic E-state index is 13.0. The maximum Gasteiger partial charge on any atom is 0.237 e. The number of nitrogens with zero attached hydrogens (tertiary/aromatic N) is 1. The Kier molecular flexibility index (Phi) is 8.40. The summed E-state index contributed by atoms with van der Waals surface area (Å²) in [7, 11) is 3.33. The van der Waals surface area contributed by atoms with E-state index in [9.17, 15) is 4.79 Å². The first-order valence-electron chi connectivity index (χ1n) is 11.6. The van der Waals surface area contributed by atoms with Gasteiger partial charge in [-0.1, -0.05) is 60.1 Å². The van der Waals surface area contributed by atoms with E-state index in [1.54, 1.807) is 14.2 Å². The molecule has 0 aromatic heterocycles. The van der Waals surface area contributed by atoms with Crippen LogP contribution < -0.4 is 15.4 Å². The van der Waals surface area contributed by atoms with Crippen LogP contribution in [0.4, 0.5) is 0 Å². The third-order valence-corrected chi connectivity index (χ3v) is 6.79. The monoisotopic (exact) mass is 481 g/mol. The molecule has 3 aromatic carbocycles. The van der Waals surface area contributed by atoms with Crippen molar-refractivity contribution < 1.29 is 14.3 Å². The summed E-state index contributed by atoms with van der Waals surface area (Å²) in [6.07, 6.45) is 0.733. The van der Waals surface area contributed by atoms with Crippen LogP contribution in [0.2, 0.25) is 5.02 Å². The van der Waals surface area contributed by atoms with E-state index in [1.807, 2.05) is 42.5 Å². The molecule has 1 amide bonds. The minimum absolute atomic E-state index is 0.0308. The number of fused-ring (bicyclic) bond motifs is 1. The molecule has 34 heavy (non-hydrogen) atoms. The molecule has 3 aromatic rings. The van der Waals surface area contributed by atoms with Gasteiger partial charge in [0.05, 0.1) is 19.8 Å². The highest BCUT2D eigenvalue weighted by atomic mass is 35.5. The van der Waals surface area contributed by atoms with Gasteiger partial charge >= 0.3 is 0 Å². The smallest absolute Gasteiger partial charge is 0.237 e. The minimum Gasteiger partial charge on any atom is -0.496 e. The summed E-state index contributed by atoms with van der Waals surface area (Å²) in [5, 5.41) is 9.70. The number of carbonyl (C=O) groups excluding carboxylic acids is 1. The van der Waals surface area contributed by atoms with E-state index in [1.165, 1.54) is 10.9 Å². The summed E-state index contributed by atoms with van der Waals surface area (Å²) in [4.78, 5) is 15.2. The van der Waals surface area contributed by atoms with E-state index in [0.717, 1.165) is 34.7 Å². The average molecular weight is 482 g/mol. The van der Waals surface area contributed by atoms with Gasteiger partial charge in [-0.05, 0) is 35.1 Å². The van der Waals surface area contributed by atoms with Crippen LogP contribution in [0.3, 0.4) is 0 Å². The molecule has 2 N–H and O–H groups in total. The number of rotatable bonds is 10. The Morgan fingerprint density at radius 3 is 2.56 bits per heavy atom. The van der Waals surface area contributed by atoms with Gasteiger partial charge < -0.3 is 20.1 Å². The zero-order valence-corrected chi connectivity index (χ0v) is 20.5. The second-order valence-corrected chi connectivity index (χ2v) is 9.01. The van der Waals surface area contributed by atoms with Gasteiger partial charge in [-0.15, -0.1) is 0 Å². The predicted octanol–water partition coefficient (Wildman–Crippen LogP) is 4.00. The molecule has 7 heteroatoms. The maximum atomic E-state index is 13.0. The van der Waals surface area contributed by atoms with Crippen molar-refractivity contribution in [3.05, 3.63) is 76.8 Å². The zero-order chi connectivity index (χ0) is 23.9. The highest BCUT2D eigenvalue weighted by Crippen LogP contribution is 2.29. The predicted molar refractivity (Wildman–Crippen MR) is 136 cm³/mol. The molecule has 0 bridgehead atoms. The molecule has 1 heterocycles. The zero-order valence-electron chi connectivity index (χ0n) is 19.7. The van der Waals surface area contributed by atoms with Gasteiger partial charge in [-0.3, -0.25) is 9.69 Å². The fourth-order valence-corrected chi connectivity index (χ4v) is 4.85. The molecular weight excluding hydrogens is 450 g/mol. The molecular formula is C27H32ClN3O3. The lowest BCUT2D eigenvalue weighted by Crippen LogP contribution is -2.43. The molecule has 1 aliphatic heterocycles. The van der Waals surface area contributed by atoms with Crippen LogP contribution in [0, 0.1) is 0 Å². The van der Waals surface area contributed by atoms with Crippen molar-refractivity contribution in [3.63, 3.8) is 0 Å². The van der Waals surface area contributed by atoms with Crippen LogP contribution in [0.1, 0.15) is 17.5 Å². The van der Waals surface area contributed by atoms with Crippen molar-refractivity contribution in [3.8, 4) is 5.75 Å². The Bertz CT molecular complexity index is 1120. The summed E-state index contributed by atoms with van der Waals surface area (Å²) < 4.78 is 10.6. The third-order valence-electron chi connectivity index (χ3n) is 6.42. The summed E-state index contributed by atoms with van der Waals surface area (Å²) in [6.45, 7) is 3.11. The number of benzene rings is 3. The Labute approximate surface area is 206 Å². The van der Waals surface area contributed by atoms with Crippen LogP contribution in [0.15, 0.2) is 60.7 Å². The summed E-state index contributed by atoms with van der Waals surface area (Å²) in [5.74, 6) is 0.905. The largest absolute Gasteiger partial charge is 0.496 e. The molecule has 6 nitrogen and oxygen atoms in total. The number of likely N-dealkylation sites (tertiary alicyclic amines) is 1. The molecule has 180 valence electrons. The molecule has 0 saturated carbocycles. The van der Waals surface area contributed by atoms with Crippen molar-refractivity contribution in [2.75, 3.05) is 33.9 Å². The van der Waals surface area contributed by atoms with Crippen molar-refractivity contribution >= 4 is 28.3 Å².